The maximum Gasteiger partial charge on any atom is 0.211 e. The van der Waals surface area contributed by atoms with E-state index in [9.17, 15) is 13.5 Å². The Hall–Kier alpha value is -0.630. The van der Waals surface area contributed by atoms with Crippen molar-refractivity contribution in [2.24, 2.45) is 0 Å². The summed E-state index contributed by atoms with van der Waals surface area (Å²) in [5, 5.41) is 11.2. The highest BCUT2D eigenvalue weighted by atomic mass is 79.9. The second-order valence-corrected chi connectivity index (χ2v) is 9.10. The molecule has 0 saturated carbocycles. The molecule has 0 aliphatic heterocycles. The molecule has 0 aromatic heterocycles. The molecule has 0 spiro atoms. The van der Waals surface area contributed by atoms with Gasteiger partial charge in [0.1, 0.15) is 0 Å². The summed E-state index contributed by atoms with van der Waals surface area (Å²) in [6.07, 6.45) is 0.146. The van der Waals surface area contributed by atoms with Crippen LogP contribution >= 0.6 is 39.1 Å². The lowest BCUT2D eigenvalue weighted by atomic mass is 10.1. The molecule has 0 heterocycles. The molecule has 0 aliphatic carbocycles. The molecule has 4 nitrogen and oxygen atoms in total. The summed E-state index contributed by atoms with van der Waals surface area (Å²) in [5.41, 5.74) is 1.24. The number of hydrogen-bond donors (Lipinski definition) is 1. The first-order valence-electron chi connectivity index (χ1n) is 6.99. The smallest absolute Gasteiger partial charge is 0.211 e. The molecule has 24 heavy (non-hydrogen) atoms. The van der Waals surface area contributed by atoms with E-state index in [0.29, 0.717) is 21.2 Å². The third-order valence-electron chi connectivity index (χ3n) is 3.44. The molecule has 1 atom stereocenters. The molecular weight excluding hydrogens is 437 g/mol. The van der Waals surface area contributed by atoms with E-state index in [0.717, 1.165) is 10.7 Å². The third-order valence-corrected chi connectivity index (χ3v) is 5.74. The van der Waals surface area contributed by atoms with E-state index in [4.69, 9.17) is 23.2 Å². The Morgan fingerprint density at radius 2 is 1.92 bits per heavy atom. The van der Waals surface area contributed by atoms with Crippen LogP contribution in [0.25, 0.3) is 0 Å². The van der Waals surface area contributed by atoms with E-state index in [1.807, 2.05) is 6.07 Å². The predicted molar refractivity (Wildman–Crippen MR) is 101 cm³/mol. The van der Waals surface area contributed by atoms with E-state index in [1.54, 1.807) is 36.4 Å². The highest BCUT2D eigenvalue weighted by molar-refractivity contribution is 9.10. The van der Waals surface area contributed by atoms with Crippen molar-refractivity contribution in [3.8, 4) is 0 Å². The molecule has 0 amide bonds. The fourth-order valence-corrected chi connectivity index (χ4v) is 3.84. The number of hydrogen-bond acceptors (Lipinski definition) is 3. The first-order valence-corrected chi connectivity index (χ1v) is 10.4. The van der Waals surface area contributed by atoms with Gasteiger partial charge in [-0.2, -0.15) is 4.31 Å². The second-order valence-electron chi connectivity index (χ2n) is 5.36. The van der Waals surface area contributed by atoms with Crippen LogP contribution in [0, 0.1) is 0 Å². The van der Waals surface area contributed by atoms with Gasteiger partial charge >= 0.3 is 0 Å². The number of aliphatic hydroxyl groups excluding tert-OH is 1. The summed E-state index contributed by atoms with van der Waals surface area (Å²) in [6, 6.07) is 12.0. The molecule has 0 fully saturated rings. The minimum Gasteiger partial charge on any atom is -0.387 e. The lowest BCUT2D eigenvalue weighted by molar-refractivity contribution is 0.146. The van der Waals surface area contributed by atoms with Gasteiger partial charge in [0.25, 0.3) is 0 Å². The summed E-state index contributed by atoms with van der Waals surface area (Å²) in [4.78, 5) is 0. The second kappa shape index (κ2) is 8.17. The van der Waals surface area contributed by atoms with Crippen LogP contribution in [0.4, 0.5) is 0 Å². The SMILES string of the molecule is CS(=O)(=O)N(Cc1ccc(Cl)cc1Cl)CC(O)c1cccc(Br)c1. The molecule has 1 N–H and O–H groups in total. The van der Waals surface area contributed by atoms with Crippen LogP contribution in [0.5, 0.6) is 0 Å². The molecule has 2 rings (SSSR count). The molecule has 130 valence electrons. The van der Waals surface area contributed by atoms with Crippen molar-refractivity contribution in [2.75, 3.05) is 12.8 Å². The third kappa shape index (κ3) is 5.44. The Labute approximate surface area is 160 Å². The zero-order valence-corrected chi connectivity index (χ0v) is 16.7. The molecular formula is C16H16BrCl2NO3S. The van der Waals surface area contributed by atoms with Gasteiger partial charge in [-0.15, -0.1) is 0 Å². The van der Waals surface area contributed by atoms with Gasteiger partial charge in [-0.25, -0.2) is 8.42 Å². The van der Waals surface area contributed by atoms with Crippen molar-refractivity contribution < 1.29 is 13.5 Å². The monoisotopic (exact) mass is 451 g/mol. The van der Waals surface area contributed by atoms with Gasteiger partial charge in [-0.3, -0.25) is 0 Å². The Bertz CT molecular complexity index is 830. The quantitative estimate of drug-likeness (QED) is 0.712. The van der Waals surface area contributed by atoms with Crippen LogP contribution in [0.2, 0.25) is 10.0 Å². The maximum atomic E-state index is 12.1. The van der Waals surface area contributed by atoms with Crippen LogP contribution in [-0.4, -0.2) is 30.6 Å². The average Bonchev–Trinajstić information content (AvgIpc) is 2.48. The average molecular weight is 453 g/mol. The van der Waals surface area contributed by atoms with Crippen molar-refractivity contribution >= 4 is 49.2 Å². The molecule has 2 aromatic carbocycles. The van der Waals surface area contributed by atoms with Gasteiger partial charge in [0, 0.05) is 27.6 Å². The lowest BCUT2D eigenvalue weighted by Crippen LogP contribution is -2.33. The van der Waals surface area contributed by atoms with Gasteiger partial charge in [0.15, 0.2) is 0 Å². The Morgan fingerprint density at radius 1 is 1.21 bits per heavy atom. The summed E-state index contributed by atoms with van der Waals surface area (Å²) in [6.45, 7) is -0.0197. The zero-order valence-electron chi connectivity index (χ0n) is 12.8. The molecule has 0 bridgehead atoms. The largest absolute Gasteiger partial charge is 0.387 e. The number of aliphatic hydroxyl groups is 1. The minimum atomic E-state index is -3.53. The molecule has 0 saturated heterocycles. The molecule has 0 aliphatic rings. The number of halogens is 3. The lowest BCUT2D eigenvalue weighted by Gasteiger charge is -2.24. The van der Waals surface area contributed by atoms with Gasteiger partial charge < -0.3 is 5.11 Å². The molecule has 1 unspecified atom stereocenters. The van der Waals surface area contributed by atoms with E-state index in [2.05, 4.69) is 15.9 Å². The van der Waals surface area contributed by atoms with Crippen molar-refractivity contribution in [1.29, 1.82) is 0 Å². The standard InChI is InChI=1S/C16H16BrCl2NO3S/c1-24(22,23)20(9-12-5-6-14(18)8-15(12)19)10-16(21)11-3-2-4-13(17)7-11/h2-8,16,21H,9-10H2,1H3. The number of nitrogens with zero attached hydrogens (tertiary/aromatic N) is 1. The maximum absolute atomic E-state index is 12.1. The predicted octanol–water partition coefficient (Wildman–Crippen LogP) is 4.25. The van der Waals surface area contributed by atoms with Crippen LogP contribution < -0.4 is 0 Å². The van der Waals surface area contributed by atoms with E-state index >= 15 is 0 Å². The summed E-state index contributed by atoms with van der Waals surface area (Å²) in [7, 11) is -3.53. The molecule has 0 radical (unpaired) electrons. The summed E-state index contributed by atoms with van der Waals surface area (Å²) < 4.78 is 26.2. The van der Waals surface area contributed by atoms with Crippen LogP contribution in [0.1, 0.15) is 17.2 Å². The Morgan fingerprint density at radius 3 is 2.50 bits per heavy atom. The van der Waals surface area contributed by atoms with Crippen molar-refractivity contribution in [3.63, 3.8) is 0 Å². The zero-order chi connectivity index (χ0) is 17.9. The fraction of sp³-hybridized carbons (Fsp3) is 0.250. The van der Waals surface area contributed by atoms with E-state index < -0.39 is 16.1 Å². The number of sulfonamides is 1. The number of rotatable bonds is 6. The molecule has 8 heteroatoms. The van der Waals surface area contributed by atoms with Gasteiger partial charge in [-0.05, 0) is 35.4 Å². The first kappa shape index (κ1) is 19.7. The van der Waals surface area contributed by atoms with E-state index in [-0.39, 0.29) is 13.1 Å². The highest BCUT2D eigenvalue weighted by Gasteiger charge is 2.22. The van der Waals surface area contributed by atoms with Crippen LogP contribution in [0.15, 0.2) is 46.9 Å². The normalized spacial score (nSPS) is 13.2. The van der Waals surface area contributed by atoms with Gasteiger partial charge in [0.05, 0.1) is 12.4 Å². The van der Waals surface area contributed by atoms with Crippen LogP contribution in [0.3, 0.4) is 0 Å². The van der Waals surface area contributed by atoms with Crippen molar-refractivity contribution in [2.45, 2.75) is 12.6 Å². The van der Waals surface area contributed by atoms with Crippen LogP contribution in [-0.2, 0) is 16.6 Å². The fourth-order valence-electron chi connectivity index (χ4n) is 2.17. The summed E-state index contributed by atoms with van der Waals surface area (Å²) in [5.74, 6) is 0. The van der Waals surface area contributed by atoms with Crippen molar-refractivity contribution in [1.82, 2.24) is 4.31 Å². The Kier molecular flexibility index (Phi) is 6.70. The van der Waals surface area contributed by atoms with Crippen molar-refractivity contribution in [3.05, 3.63) is 68.1 Å². The molecule has 2 aromatic rings. The summed E-state index contributed by atoms with van der Waals surface area (Å²) >= 11 is 15.3. The van der Waals surface area contributed by atoms with Gasteiger partial charge in [0.2, 0.25) is 10.0 Å². The van der Waals surface area contributed by atoms with E-state index in [1.165, 1.54) is 4.31 Å². The topological polar surface area (TPSA) is 57.6 Å². The first-order chi connectivity index (χ1) is 11.2. The Balaban J connectivity index is 2.23. The number of benzene rings is 2. The highest BCUT2D eigenvalue weighted by Crippen LogP contribution is 2.25. The van der Waals surface area contributed by atoms with Gasteiger partial charge in [-0.1, -0.05) is 57.3 Å². The minimum absolute atomic E-state index is 0.0555.